The zero-order chi connectivity index (χ0) is 23.4. The molecule has 2 aliphatic rings. The Morgan fingerprint density at radius 3 is 2.59 bits per heavy atom. The number of hydrogen-bond donors (Lipinski definition) is 1. The van der Waals surface area contributed by atoms with E-state index in [1.807, 2.05) is 18.7 Å². The predicted octanol–water partition coefficient (Wildman–Crippen LogP) is 4.10. The van der Waals surface area contributed by atoms with Crippen LogP contribution in [0.4, 0.5) is 10.5 Å². The van der Waals surface area contributed by atoms with Crippen LogP contribution in [0.1, 0.15) is 63.2 Å². The van der Waals surface area contributed by atoms with Crippen LogP contribution in [0.15, 0.2) is 16.6 Å². The van der Waals surface area contributed by atoms with Gasteiger partial charge in [0, 0.05) is 29.6 Å². The molecule has 1 aromatic carbocycles. The fourth-order valence-corrected chi connectivity index (χ4v) is 4.98. The Bertz CT molecular complexity index is 869. The van der Waals surface area contributed by atoms with Gasteiger partial charge < -0.3 is 24.6 Å². The van der Waals surface area contributed by atoms with Crippen molar-refractivity contribution in [3.05, 3.63) is 22.2 Å². The quantitative estimate of drug-likeness (QED) is 0.623. The summed E-state index contributed by atoms with van der Waals surface area (Å²) in [7, 11) is 1.29. The van der Waals surface area contributed by atoms with Gasteiger partial charge in [-0.1, -0.05) is 19.3 Å². The molecule has 3 amide bonds. The lowest BCUT2D eigenvalue weighted by atomic mass is 9.92. The Balaban J connectivity index is 1.92. The number of methoxy groups -OCH3 is 1. The molecule has 32 heavy (non-hydrogen) atoms. The van der Waals surface area contributed by atoms with E-state index in [0.29, 0.717) is 21.5 Å². The number of anilines is 1. The number of fused-ring (bicyclic) bond motifs is 1. The van der Waals surface area contributed by atoms with Gasteiger partial charge in [0.25, 0.3) is 11.8 Å². The predicted molar refractivity (Wildman–Crippen MR) is 125 cm³/mol. The Kier molecular flexibility index (Phi) is 8.03. The van der Waals surface area contributed by atoms with Crippen LogP contribution in [-0.4, -0.2) is 61.2 Å². The highest BCUT2D eigenvalue weighted by Crippen LogP contribution is 2.39. The highest BCUT2D eigenvalue weighted by molar-refractivity contribution is 9.10. The Morgan fingerprint density at radius 2 is 1.97 bits per heavy atom. The third kappa shape index (κ3) is 5.19. The summed E-state index contributed by atoms with van der Waals surface area (Å²) in [4.78, 5) is 41.4. The number of alkyl carbamates (subject to hydrolysis) is 1. The van der Waals surface area contributed by atoms with Gasteiger partial charge in [0.2, 0.25) is 0 Å². The zero-order valence-electron chi connectivity index (χ0n) is 19.2. The van der Waals surface area contributed by atoms with Crippen LogP contribution in [0.2, 0.25) is 0 Å². The molecular formula is C23H32BrN3O5. The lowest BCUT2D eigenvalue weighted by molar-refractivity contribution is -0.125. The lowest BCUT2D eigenvalue weighted by Gasteiger charge is -2.38. The number of rotatable bonds is 6. The van der Waals surface area contributed by atoms with Gasteiger partial charge in [0.15, 0.2) is 6.10 Å². The van der Waals surface area contributed by atoms with Gasteiger partial charge in [-0.15, -0.1) is 0 Å². The second kappa shape index (κ2) is 10.6. The molecule has 1 aliphatic heterocycles. The van der Waals surface area contributed by atoms with Crippen LogP contribution >= 0.6 is 15.9 Å². The molecule has 1 saturated carbocycles. The van der Waals surface area contributed by atoms with Crippen molar-refractivity contribution in [2.45, 2.75) is 71.1 Å². The van der Waals surface area contributed by atoms with Gasteiger partial charge in [-0.3, -0.25) is 9.59 Å². The summed E-state index contributed by atoms with van der Waals surface area (Å²) >= 11 is 3.55. The molecule has 0 bridgehead atoms. The first-order valence-electron chi connectivity index (χ1n) is 11.2. The molecule has 1 heterocycles. The smallest absolute Gasteiger partial charge is 0.406 e. The summed E-state index contributed by atoms with van der Waals surface area (Å²) in [5.74, 6) is 0.241. The number of carbonyl (C=O) groups is 3. The minimum Gasteiger partial charge on any atom is -0.479 e. The largest absolute Gasteiger partial charge is 0.479 e. The van der Waals surface area contributed by atoms with Crippen LogP contribution in [0.5, 0.6) is 5.75 Å². The molecule has 1 atom stereocenters. The van der Waals surface area contributed by atoms with E-state index in [1.165, 1.54) is 13.5 Å². The van der Waals surface area contributed by atoms with Gasteiger partial charge in [-0.25, -0.2) is 4.79 Å². The first-order chi connectivity index (χ1) is 15.2. The van der Waals surface area contributed by atoms with Crippen LogP contribution in [0.25, 0.3) is 0 Å². The standard InChI is InChI=1S/C23H32BrN3O5/c1-14(2)27(16-8-6-5-7-9-16)22(29)17-12-19-20(13-18(17)24)32-15(3)21(28)26(19)11-10-25-23(30)31-4/h12-16H,5-11H2,1-4H3,(H,25,30)/t15-/m1/s1. The molecule has 3 rings (SSSR count). The Hall–Kier alpha value is -2.29. The summed E-state index contributed by atoms with van der Waals surface area (Å²) in [6, 6.07) is 3.76. The fourth-order valence-electron chi connectivity index (χ4n) is 4.48. The summed E-state index contributed by atoms with van der Waals surface area (Å²) in [6.07, 6.45) is 4.27. The number of halogens is 1. The van der Waals surface area contributed by atoms with Gasteiger partial charge in [0.05, 0.1) is 18.4 Å². The van der Waals surface area contributed by atoms with E-state index in [9.17, 15) is 14.4 Å². The van der Waals surface area contributed by atoms with Crippen LogP contribution < -0.4 is 15.0 Å². The van der Waals surface area contributed by atoms with Gasteiger partial charge in [0.1, 0.15) is 5.75 Å². The summed E-state index contributed by atoms with van der Waals surface area (Å²) in [6.45, 7) is 6.21. The Labute approximate surface area is 197 Å². The molecule has 1 aliphatic carbocycles. The highest BCUT2D eigenvalue weighted by Gasteiger charge is 2.35. The first-order valence-corrected chi connectivity index (χ1v) is 12.0. The molecular weight excluding hydrogens is 478 g/mol. The van der Waals surface area contributed by atoms with Crippen molar-refractivity contribution < 1.29 is 23.9 Å². The average Bonchev–Trinajstić information content (AvgIpc) is 2.76. The molecule has 8 nitrogen and oxygen atoms in total. The van der Waals surface area contributed by atoms with Crippen molar-refractivity contribution in [3.63, 3.8) is 0 Å². The van der Waals surface area contributed by atoms with Crippen molar-refractivity contribution in [2.75, 3.05) is 25.1 Å². The second-order valence-electron chi connectivity index (χ2n) is 8.57. The number of nitrogens with zero attached hydrogens (tertiary/aromatic N) is 2. The van der Waals surface area contributed by atoms with Crippen molar-refractivity contribution in [1.29, 1.82) is 0 Å². The summed E-state index contributed by atoms with van der Waals surface area (Å²) in [5, 5.41) is 2.59. The normalized spacial score (nSPS) is 18.8. The van der Waals surface area contributed by atoms with Crippen LogP contribution in [-0.2, 0) is 9.53 Å². The first kappa shape index (κ1) is 24.4. The number of nitrogens with one attached hydrogen (secondary N) is 1. The van der Waals surface area contributed by atoms with E-state index in [0.717, 1.165) is 25.7 Å². The molecule has 176 valence electrons. The maximum atomic E-state index is 13.7. The van der Waals surface area contributed by atoms with E-state index in [4.69, 9.17) is 4.74 Å². The van der Waals surface area contributed by atoms with E-state index >= 15 is 0 Å². The molecule has 0 saturated heterocycles. The maximum absolute atomic E-state index is 13.7. The SMILES string of the molecule is COC(=O)NCCN1C(=O)[C@@H](C)Oc2cc(Br)c(C(=O)N(C(C)C)C3CCCCC3)cc21. The van der Waals surface area contributed by atoms with Crippen molar-refractivity contribution in [2.24, 2.45) is 0 Å². The van der Waals surface area contributed by atoms with Gasteiger partial charge >= 0.3 is 6.09 Å². The fraction of sp³-hybridized carbons (Fsp3) is 0.609. The number of amides is 3. The van der Waals surface area contributed by atoms with Crippen molar-refractivity contribution in [3.8, 4) is 5.75 Å². The van der Waals surface area contributed by atoms with Gasteiger partial charge in [-0.2, -0.15) is 0 Å². The molecule has 0 radical (unpaired) electrons. The molecule has 0 spiro atoms. The molecule has 0 aromatic heterocycles. The third-order valence-corrected chi connectivity index (χ3v) is 6.69. The summed E-state index contributed by atoms with van der Waals surface area (Å²) in [5.41, 5.74) is 1.03. The number of benzene rings is 1. The molecule has 0 unspecified atom stereocenters. The molecule has 1 N–H and O–H groups in total. The summed E-state index contributed by atoms with van der Waals surface area (Å²) < 4.78 is 11.0. The molecule has 1 fully saturated rings. The van der Waals surface area contributed by atoms with Gasteiger partial charge in [-0.05, 0) is 61.7 Å². The maximum Gasteiger partial charge on any atom is 0.406 e. The average molecular weight is 510 g/mol. The zero-order valence-corrected chi connectivity index (χ0v) is 20.7. The van der Waals surface area contributed by atoms with Crippen LogP contribution in [0.3, 0.4) is 0 Å². The highest BCUT2D eigenvalue weighted by atomic mass is 79.9. The van der Waals surface area contributed by atoms with E-state index in [-0.39, 0.29) is 37.0 Å². The Morgan fingerprint density at radius 1 is 1.28 bits per heavy atom. The van der Waals surface area contributed by atoms with Crippen molar-refractivity contribution >= 4 is 39.5 Å². The third-order valence-electron chi connectivity index (χ3n) is 6.04. The van der Waals surface area contributed by atoms with Crippen LogP contribution in [0, 0.1) is 0 Å². The van der Waals surface area contributed by atoms with E-state index in [1.54, 1.807) is 24.0 Å². The topological polar surface area (TPSA) is 88.2 Å². The van der Waals surface area contributed by atoms with E-state index < -0.39 is 12.2 Å². The van der Waals surface area contributed by atoms with Crippen molar-refractivity contribution in [1.82, 2.24) is 10.2 Å². The molecule has 9 heteroatoms. The number of ether oxygens (including phenoxy) is 2. The minimum atomic E-state index is -0.663. The second-order valence-corrected chi connectivity index (χ2v) is 9.42. The minimum absolute atomic E-state index is 0.0553. The lowest BCUT2D eigenvalue weighted by Crippen LogP contribution is -2.48. The van der Waals surface area contributed by atoms with E-state index in [2.05, 4.69) is 26.0 Å². The molecule has 1 aromatic rings. The number of carbonyl (C=O) groups excluding carboxylic acids is 3. The monoisotopic (exact) mass is 509 g/mol. The number of hydrogen-bond acceptors (Lipinski definition) is 5.